The zero-order valence-electron chi connectivity index (χ0n) is 20.3. The molecule has 1 atom stereocenters. The second-order valence-electron chi connectivity index (χ2n) is 8.59. The molecule has 0 saturated carbocycles. The van der Waals surface area contributed by atoms with Crippen LogP contribution in [0.2, 0.25) is 0 Å². The molecule has 3 heterocycles. The summed E-state index contributed by atoms with van der Waals surface area (Å²) in [6.07, 6.45) is 1.19. The first-order valence-corrected chi connectivity index (χ1v) is 12.7. The molecule has 5 rings (SSSR count). The summed E-state index contributed by atoms with van der Waals surface area (Å²) in [6.45, 7) is 6.62. The number of amides is 1. The van der Waals surface area contributed by atoms with E-state index in [4.69, 9.17) is 15.1 Å². The molecule has 2 aromatic carbocycles. The summed E-state index contributed by atoms with van der Waals surface area (Å²) in [6, 6.07) is 15.6. The number of hydrogen-bond donors (Lipinski definition) is 1. The molecule has 0 aliphatic rings. The summed E-state index contributed by atoms with van der Waals surface area (Å²) in [5, 5.41) is 13.2. The summed E-state index contributed by atoms with van der Waals surface area (Å²) < 4.78 is 16.9. The van der Waals surface area contributed by atoms with Gasteiger partial charge in [-0.25, -0.2) is 14.4 Å². The number of halogens is 1. The molecule has 0 fully saturated rings. The van der Waals surface area contributed by atoms with Crippen LogP contribution in [0.1, 0.15) is 30.6 Å². The molecule has 0 radical (unpaired) electrons. The van der Waals surface area contributed by atoms with Crippen LogP contribution in [0.4, 0.5) is 10.1 Å². The second kappa shape index (κ2) is 10.1. The monoisotopic (exact) mass is 503 g/mol. The largest absolute Gasteiger partial charge is 0.325 e. The molecule has 0 bridgehead atoms. The van der Waals surface area contributed by atoms with E-state index in [2.05, 4.69) is 10.4 Å². The Morgan fingerprint density at radius 3 is 2.58 bits per heavy atom. The van der Waals surface area contributed by atoms with Crippen molar-refractivity contribution in [2.45, 2.75) is 50.6 Å². The number of aromatic nitrogens is 6. The molecule has 5 aromatic rings. The fraction of sp³-hybridized carbons (Fsp3) is 0.269. The predicted octanol–water partition coefficient (Wildman–Crippen LogP) is 4.98. The van der Waals surface area contributed by atoms with Gasteiger partial charge in [-0.3, -0.25) is 9.48 Å². The number of benzene rings is 2. The van der Waals surface area contributed by atoms with Gasteiger partial charge < -0.3 is 5.32 Å². The average Bonchev–Trinajstić information content (AvgIpc) is 3.44. The molecule has 0 aliphatic heterocycles. The molecule has 8 nitrogen and oxygen atoms in total. The van der Waals surface area contributed by atoms with Crippen molar-refractivity contribution in [1.82, 2.24) is 29.4 Å². The Morgan fingerprint density at radius 2 is 1.86 bits per heavy atom. The highest BCUT2D eigenvalue weighted by Crippen LogP contribution is 2.29. The lowest BCUT2D eigenvalue weighted by Gasteiger charge is -2.15. The van der Waals surface area contributed by atoms with E-state index < -0.39 is 5.25 Å². The van der Waals surface area contributed by atoms with E-state index in [1.54, 1.807) is 16.6 Å². The normalized spacial score (nSPS) is 12.3. The number of fused-ring (bicyclic) bond motifs is 3. The van der Waals surface area contributed by atoms with E-state index in [0.29, 0.717) is 41.7 Å². The molecule has 36 heavy (non-hydrogen) atoms. The Morgan fingerprint density at radius 1 is 1.08 bits per heavy atom. The van der Waals surface area contributed by atoms with Gasteiger partial charge in [-0.05, 0) is 62.7 Å². The van der Waals surface area contributed by atoms with Gasteiger partial charge in [-0.1, -0.05) is 30.8 Å². The number of carbonyl (C=O) groups excluding carboxylic acids is 1. The summed E-state index contributed by atoms with van der Waals surface area (Å²) in [5.74, 6) is 0.158. The summed E-state index contributed by atoms with van der Waals surface area (Å²) in [5.41, 5.74) is 4.12. The first-order valence-electron chi connectivity index (χ1n) is 11.8. The summed E-state index contributed by atoms with van der Waals surface area (Å²) in [4.78, 5) is 22.7. The van der Waals surface area contributed by atoms with Crippen molar-refractivity contribution in [3.63, 3.8) is 0 Å². The molecular formula is C26H26FN7OS. The minimum Gasteiger partial charge on any atom is -0.325 e. The number of hydrogen-bond acceptors (Lipinski definition) is 6. The van der Waals surface area contributed by atoms with E-state index >= 15 is 0 Å². The smallest absolute Gasteiger partial charge is 0.237 e. The summed E-state index contributed by atoms with van der Waals surface area (Å²) in [7, 11) is 0. The van der Waals surface area contributed by atoms with Crippen molar-refractivity contribution >= 4 is 39.9 Å². The molecule has 0 saturated heterocycles. The highest BCUT2D eigenvalue weighted by Gasteiger charge is 2.23. The van der Waals surface area contributed by atoms with Crippen LogP contribution in [0, 0.1) is 19.7 Å². The number of para-hydroxylation sites is 1. The Balaban J connectivity index is 1.45. The van der Waals surface area contributed by atoms with Gasteiger partial charge in [-0.15, -0.1) is 5.10 Å². The SMILES string of the molecule is CC[C@@H](Sc1nc2ccccc2c2nc(CCn3nc(C)cc3C)nn12)C(=O)Nc1ccc(F)cc1. The number of rotatable bonds is 8. The van der Waals surface area contributed by atoms with Crippen molar-refractivity contribution in [2.75, 3.05) is 5.32 Å². The molecular weight excluding hydrogens is 477 g/mol. The van der Waals surface area contributed by atoms with Gasteiger partial charge in [0, 0.05) is 29.7 Å². The molecule has 3 aromatic heterocycles. The van der Waals surface area contributed by atoms with Crippen molar-refractivity contribution in [3.05, 3.63) is 77.6 Å². The number of aryl methyl sites for hydroxylation is 4. The lowest BCUT2D eigenvalue weighted by molar-refractivity contribution is -0.115. The van der Waals surface area contributed by atoms with E-state index in [1.807, 2.05) is 55.8 Å². The van der Waals surface area contributed by atoms with Gasteiger partial charge in [0.25, 0.3) is 0 Å². The van der Waals surface area contributed by atoms with Gasteiger partial charge in [0.05, 0.1) is 16.5 Å². The van der Waals surface area contributed by atoms with Crippen LogP contribution in [-0.2, 0) is 17.8 Å². The Labute approximate surface area is 211 Å². The second-order valence-corrected chi connectivity index (χ2v) is 9.76. The number of anilines is 1. The summed E-state index contributed by atoms with van der Waals surface area (Å²) >= 11 is 1.34. The van der Waals surface area contributed by atoms with Crippen LogP contribution < -0.4 is 5.32 Å². The van der Waals surface area contributed by atoms with Crippen molar-refractivity contribution in [3.8, 4) is 0 Å². The average molecular weight is 504 g/mol. The Hall–Kier alpha value is -3.79. The van der Waals surface area contributed by atoms with Crippen LogP contribution in [0.5, 0.6) is 0 Å². The standard InChI is InChI=1S/C26H26FN7OS/c1-4-22(25(35)28-19-11-9-18(27)10-12-19)36-26-29-21-8-6-5-7-20(21)24-30-23(32-34(24)26)13-14-33-17(3)15-16(2)31-33/h5-12,15,22H,4,13-14H2,1-3H3,(H,28,35)/t22-/m1/s1. The third-order valence-electron chi connectivity index (χ3n) is 5.87. The van der Waals surface area contributed by atoms with Gasteiger partial charge >= 0.3 is 0 Å². The topological polar surface area (TPSA) is 90.0 Å². The van der Waals surface area contributed by atoms with E-state index in [0.717, 1.165) is 22.3 Å². The fourth-order valence-corrected chi connectivity index (χ4v) is 5.03. The number of nitrogens with one attached hydrogen (secondary N) is 1. The third kappa shape index (κ3) is 4.94. The number of nitrogens with zero attached hydrogens (tertiary/aromatic N) is 6. The molecule has 1 amide bonds. The van der Waals surface area contributed by atoms with Gasteiger partial charge in [0.2, 0.25) is 5.91 Å². The fourth-order valence-electron chi connectivity index (χ4n) is 4.07. The lowest BCUT2D eigenvalue weighted by Crippen LogP contribution is -2.25. The minimum atomic E-state index is -0.422. The molecule has 184 valence electrons. The zero-order chi connectivity index (χ0) is 25.2. The van der Waals surface area contributed by atoms with Crippen molar-refractivity contribution in [2.24, 2.45) is 0 Å². The number of carbonyl (C=O) groups is 1. The van der Waals surface area contributed by atoms with E-state index in [-0.39, 0.29) is 11.7 Å². The Bertz CT molecular complexity index is 1540. The van der Waals surface area contributed by atoms with Crippen LogP contribution >= 0.6 is 11.8 Å². The molecule has 0 aliphatic carbocycles. The third-order valence-corrected chi connectivity index (χ3v) is 7.17. The first kappa shape index (κ1) is 23.9. The minimum absolute atomic E-state index is 0.179. The van der Waals surface area contributed by atoms with Gasteiger partial charge in [-0.2, -0.15) is 9.61 Å². The highest BCUT2D eigenvalue weighted by atomic mass is 32.2. The maximum absolute atomic E-state index is 13.2. The van der Waals surface area contributed by atoms with Crippen LogP contribution in [0.25, 0.3) is 16.6 Å². The van der Waals surface area contributed by atoms with Crippen molar-refractivity contribution in [1.29, 1.82) is 0 Å². The molecule has 0 unspecified atom stereocenters. The van der Waals surface area contributed by atoms with Crippen molar-refractivity contribution < 1.29 is 9.18 Å². The maximum Gasteiger partial charge on any atom is 0.237 e. The lowest BCUT2D eigenvalue weighted by atomic mass is 10.2. The zero-order valence-corrected chi connectivity index (χ0v) is 21.1. The van der Waals surface area contributed by atoms with Crippen LogP contribution in [-0.4, -0.2) is 40.5 Å². The van der Waals surface area contributed by atoms with E-state index in [9.17, 15) is 9.18 Å². The first-order chi connectivity index (χ1) is 17.4. The molecule has 0 spiro atoms. The van der Waals surface area contributed by atoms with E-state index in [1.165, 1.54) is 23.9 Å². The van der Waals surface area contributed by atoms with Gasteiger partial charge in [0.15, 0.2) is 16.6 Å². The maximum atomic E-state index is 13.2. The quantitative estimate of drug-likeness (QED) is 0.237. The van der Waals surface area contributed by atoms with Crippen LogP contribution in [0.3, 0.4) is 0 Å². The molecule has 10 heteroatoms. The number of thioether (sulfide) groups is 1. The van der Waals surface area contributed by atoms with Crippen LogP contribution in [0.15, 0.2) is 59.8 Å². The van der Waals surface area contributed by atoms with Gasteiger partial charge in [0.1, 0.15) is 5.82 Å². The highest BCUT2D eigenvalue weighted by molar-refractivity contribution is 8.00. The Kier molecular flexibility index (Phi) is 6.69. The predicted molar refractivity (Wildman–Crippen MR) is 139 cm³/mol. The molecule has 1 N–H and O–H groups in total.